The Bertz CT molecular complexity index is 434. The molecule has 0 saturated heterocycles. The van der Waals surface area contributed by atoms with Crippen molar-refractivity contribution in [3.8, 4) is 11.5 Å². The second-order valence-corrected chi connectivity index (χ2v) is 4.47. The Labute approximate surface area is 106 Å². The van der Waals surface area contributed by atoms with Crippen molar-refractivity contribution in [3.63, 3.8) is 0 Å². The van der Waals surface area contributed by atoms with E-state index in [9.17, 15) is 4.79 Å². The molecule has 1 atom stereocenters. The quantitative estimate of drug-likeness (QED) is 0.818. The van der Waals surface area contributed by atoms with Crippen LogP contribution in [0.4, 0.5) is 0 Å². The third-order valence-electron chi connectivity index (χ3n) is 2.89. The van der Waals surface area contributed by atoms with Crippen molar-refractivity contribution in [1.82, 2.24) is 5.32 Å². The van der Waals surface area contributed by atoms with Crippen molar-refractivity contribution in [1.29, 1.82) is 0 Å². The summed E-state index contributed by atoms with van der Waals surface area (Å²) in [6.45, 7) is 3.16. The van der Waals surface area contributed by atoms with Crippen molar-refractivity contribution >= 4 is 5.91 Å². The lowest BCUT2D eigenvalue weighted by atomic mass is 10.1. The summed E-state index contributed by atoms with van der Waals surface area (Å²) in [6.07, 6.45) is 0.447. The first kappa shape index (κ1) is 12.7. The Morgan fingerprint density at radius 1 is 1.50 bits per heavy atom. The molecule has 1 heterocycles. The number of benzene rings is 1. The minimum atomic E-state index is 0.00414. The standard InChI is InChI=1S/C13H18N2O3/c1-9(6-14)5-12(16)15-7-10-3-2-4-11-13(10)18-8-17-11/h2-4,9H,5-8,14H2,1H3,(H,15,16). The molecule has 5 nitrogen and oxygen atoms in total. The van der Waals surface area contributed by atoms with E-state index >= 15 is 0 Å². The first-order chi connectivity index (χ1) is 8.70. The van der Waals surface area contributed by atoms with Gasteiger partial charge in [-0.1, -0.05) is 19.1 Å². The predicted molar refractivity (Wildman–Crippen MR) is 67.2 cm³/mol. The van der Waals surface area contributed by atoms with Gasteiger partial charge in [-0.05, 0) is 18.5 Å². The van der Waals surface area contributed by atoms with Gasteiger partial charge in [-0.15, -0.1) is 0 Å². The molecule has 98 valence electrons. The molecule has 0 aliphatic carbocycles. The number of carbonyl (C=O) groups is 1. The zero-order valence-corrected chi connectivity index (χ0v) is 10.4. The van der Waals surface area contributed by atoms with Gasteiger partial charge in [0.2, 0.25) is 12.7 Å². The second-order valence-electron chi connectivity index (χ2n) is 4.47. The lowest BCUT2D eigenvalue weighted by Gasteiger charge is -2.10. The van der Waals surface area contributed by atoms with Crippen molar-refractivity contribution in [3.05, 3.63) is 23.8 Å². The molecular formula is C13H18N2O3. The Hall–Kier alpha value is -1.75. The summed E-state index contributed by atoms with van der Waals surface area (Å²) in [5.41, 5.74) is 6.41. The highest BCUT2D eigenvalue weighted by atomic mass is 16.7. The molecule has 0 bridgehead atoms. The third-order valence-corrected chi connectivity index (χ3v) is 2.89. The summed E-state index contributed by atoms with van der Waals surface area (Å²) in [7, 11) is 0. The summed E-state index contributed by atoms with van der Waals surface area (Å²) in [6, 6.07) is 5.65. The molecule has 1 unspecified atom stereocenters. The molecule has 5 heteroatoms. The summed E-state index contributed by atoms with van der Waals surface area (Å²) < 4.78 is 10.6. The lowest BCUT2D eigenvalue weighted by Crippen LogP contribution is -2.26. The normalized spacial score (nSPS) is 14.3. The van der Waals surface area contributed by atoms with Gasteiger partial charge in [-0.2, -0.15) is 0 Å². The van der Waals surface area contributed by atoms with Crippen LogP contribution in [0.15, 0.2) is 18.2 Å². The highest BCUT2D eigenvalue weighted by molar-refractivity contribution is 5.76. The maximum absolute atomic E-state index is 11.6. The molecule has 1 aromatic carbocycles. The average Bonchev–Trinajstić information content (AvgIpc) is 2.84. The summed E-state index contributed by atoms with van der Waals surface area (Å²) in [5, 5.41) is 2.86. The number of para-hydroxylation sites is 1. The Morgan fingerprint density at radius 2 is 2.33 bits per heavy atom. The SMILES string of the molecule is CC(CN)CC(=O)NCc1cccc2c1OCO2. The molecule has 2 rings (SSSR count). The molecule has 3 N–H and O–H groups in total. The highest BCUT2D eigenvalue weighted by Crippen LogP contribution is 2.35. The molecule has 1 aliphatic heterocycles. The van der Waals surface area contributed by atoms with E-state index in [1.807, 2.05) is 25.1 Å². The van der Waals surface area contributed by atoms with Crippen molar-refractivity contribution in [2.45, 2.75) is 19.9 Å². The van der Waals surface area contributed by atoms with Crippen molar-refractivity contribution in [2.75, 3.05) is 13.3 Å². The van der Waals surface area contributed by atoms with Crippen LogP contribution < -0.4 is 20.5 Å². The molecule has 1 amide bonds. The van der Waals surface area contributed by atoms with Gasteiger partial charge in [0.15, 0.2) is 11.5 Å². The van der Waals surface area contributed by atoms with E-state index in [4.69, 9.17) is 15.2 Å². The van der Waals surface area contributed by atoms with Gasteiger partial charge in [-0.25, -0.2) is 0 Å². The van der Waals surface area contributed by atoms with Gasteiger partial charge in [0.05, 0.1) is 0 Å². The van der Waals surface area contributed by atoms with Gasteiger partial charge < -0.3 is 20.5 Å². The first-order valence-electron chi connectivity index (χ1n) is 6.05. The maximum Gasteiger partial charge on any atom is 0.231 e. The van der Waals surface area contributed by atoms with Crippen LogP contribution in [0.3, 0.4) is 0 Å². The number of amides is 1. The van der Waals surface area contributed by atoms with Crippen molar-refractivity contribution < 1.29 is 14.3 Å². The molecule has 0 aromatic heterocycles. The molecule has 1 aliphatic rings. The van der Waals surface area contributed by atoms with E-state index in [2.05, 4.69) is 5.32 Å². The minimum absolute atomic E-state index is 0.00414. The fourth-order valence-corrected chi connectivity index (χ4v) is 1.80. The molecular weight excluding hydrogens is 232 g/mol. The van der Waals surface area contributed by atoms with Gasteiger partial charge in [0, 0.05) is 18.5 Å². The molecule has 0 radical (unpaired) electrons. The van der Waals surface area contributed by atoms with E-state index in [0.717, 1.165) is 17.1 Å². The maximum atomic E-state index is 11.6. The van der Waals surface area contributed by atoms with Crippen LogP contribution in [-0.2, 0) is 11.3 Å². The average molecular weight is 250 g/mol. The molecule has 0 fully saturated rings. The monoisotopic (exact) mass is 250 g/mol. The van der Waals surface area contributed by atoms with Crippen LogP contribution in [0.5, 0.6) is 11.5 Å². The highest BCUT2D eigenvalue weighted by Gasteiger charge is 2.17. The largest absolute Gasteiger partial charge is 0.454 e. The van der Waals surface area contributed by atoms with Gasteiger partial charge >= 0.3 is 0 Å². The van der Waals surface area contributed by atoms with Crippen LogP contribution in [0.1, 0.15) is 18.9 Å². The predicted octanol–water partition coefficient (Wildman–Crippen LogP) is 1.02. The second kappa shape index (κ2) is 5.73. The lowest BCUT2D eigenvalue weighted by molar-refractivity contribution is -0.122. The number of rotatable bonds is 5. The third kappa shape index (κ3) is 2.92. The van der Waals surface area contributed by atoms with Crippen LogP contribution in [0.2, 0.25) is 0 Å². The number of fused-ring (bicyclic) bond motifs is 1. The first-order valence-corrected chi connectivity index (χ1v) is 6.05. The summed E-state index contributed by atoms with van der Waals surface area (Å²) >= 11 is 0. The number of carbonyl (C=O) groups excluding carboxylic acids is 1. The number of hydrogen-bond donors (Lipinski definition) is 2. The van der Waals surface area contributed by atoms with Gasteiger partial charge in [0.25, 0.3) is 0 Å². The summed E-state index contributed by atoms with van der Waals surface area (Å²) in [5.74, 6) is 1.66. The van der Waals surface area contributed by atoms with Crippen LogP contribution >= 0.6 is 0 Å². The van der Waals surface area contributed by atoms with E-state index in [-0.39, 0.29) is 18.6 Å². The van der Waals surface area contributed by atoms with Crippen molar-refractivity contribution in [2.24, 2.45) is 11.7 Å². The zero-order valence-electron chi connectivity index (χ0n) is 10.4. The zero-order chi connectivity index (χ0) is 13.0. The number of hydrogen-bond acceptors (Lipinski definition) is 4. The number of nitrogens with one attached hydrogen (secondary N) is 1. The Kier molecular flexibility index (Phi) is 4.04. The van der Waals surface area contributed by atoms with E-state index < -0.39 is 0 Å². The number of ether oxygens (including phenoxy) is 2. The van der Waals surface area contributed by atoms with E-state index in [1.54, 1.807) is 0 Å². The molecule has 18 heavy (non-hydrogen) atoms. The molecule has 1 aromatic rings. The Balaban J connectivity index is 1.91. The number of nitrogens with two attached hydrogens (primary N) is 1. The molecule has 0 spiro atoms. The van der Waals surface area contributed by atoms with Crippen LogP contribution in [-0.4, -0.2) is 19.2 Å². The van der Waals surface area contributed by atoms with Crippen LogP contribution in [0, 0.1) is 5.92 Å². The smallest absolute Gasteiger partial charge is 0.231 e. The fraction of sp³-hybridized carbons (Fsp3) is 0.462. The Morgan fingerprint density at radius 3 is 3.11 bits per heavy atom. The van der Waals surface area contributed by atoms with Gasteiger partial charge in [-0.3, -0.25) is 4.79 Å². The molecule has 0 saturated carbocycles. The minimum Gasteiger partial charge on any atom is -0.454 e. The topological polar surface area (TPSA) is 73.6 Å². The van der Waals surface area contributed by atoms with E-state index in [1.165, 1.54) is 0 Å². The van der Waals surface area contributed by atoms with Gasteiger partial charge in [0.1, 0.15) is 0 Å². The van der Waals surface area contributed by atoms with Crippen LogP contribution in [0.25, 0.3) is 0 Å². The van der Waals surface area contributed by atoms with E-state index in [0.29, 0.717) is 19.5 Å². The fourth-order valence-electron chi connectivity index (χ4n) is 1.80. The summed E-state index contributed by atoms with van der Waals surface area (Å²) in [4.78, 5) is 11.6.